The van der Waals surface area contributed by atoms with Gasteiger partial charge in [0.05, 0.1) is 13.2 Å². The number of carbonyl (C=O) groups is 1. The minimum absolute atomic E-state index is 0.0476. The lowest BCUT2D eigenvalue weighted by atomic mass is 10.2. The molecule has 1 aromatic carbocycles. The van der Waals surface area contributed by atoms with Crippen molar-refractivity contribution in [3.8, 4) is 0 Å². The number of anilines is 1. The topological polar surface area (TPSA) is 93.8 Å². The molecule has 0 aliphatic carbocycles. The maximum Gasteiger partial charge on any atom is 0.291 e. The highest BCUT2D eigenvalue weighted by Gasteiger charge is 2.17. The Morgan fingerprint density at radius 2 is 1.90 bits per heavy atom. The summed E-state index contributed by atoms with van der Waals surface area (Å²) in [6, 6.07) is 10.3. The number of rotatable bonds is 6. The Labute approximate surface area is 169 Å². The highest BCUT2D eigenvalue weighted by atomic mass is 32.2. The summed E-state index contributed by atoms with van der Waals surface area (Å²) in [5.41, 5.74) is 1.71. The molecule has 0 bridgehead atoms. The Kier molecular flexibility index (Phi) is 5.44. The number of carbonyl (C=O) groups excluding carboxylic acids is 1. The van der Waals surface area contributed by atoms with Gasteiger partial charge in [0.2, 0.25) is 14.9 Å². The van der Waals surface area contributed by atoms with Crippen LogP contribution < -0.4 is 5.32 Å². The fourth-order valence-electron chi connectivity index (χ4n) is 3.38. The predicted molar refractivity (Wildman–Crippen MR) is 109 cm³/mol. The van der Waals surface area contributed by atoms with Crippen molar-refractivity contribution in [2.24, 2.45) is 0 Å². The lowest BCUT2D eigenvalue weighted by Crippen LogP contribution is -2.38. The molecular formula is C20H23N3O5S. The van der Waals surface area contributed by atoms with Gasteiger partial charge in [-0.05, 0) is 36.4 Å². The normalized spacial score (nSPS) is 15.6. The molecule has 154 valence electrons. The summed E-state index contributed by atoms with van der Waals surface area (Å²) in [6.07, 6.45) is 3.08. The van der Waals surface area contributed by atoms with Crippen LogP contribution >= 0.6 is 0 Å². The van der Waals surface area contributed by atoms with Gasteiger partial charge in [-0.25, -0.2) is 8.42 Å². The first-order valence-electron chi connectivity index (χ1n) is 9.40. The molecule has 0 saturated carbocycles. The lowest BCUT2D eigenvalue weighted by molar-refractivity contribution is 0.0365. The van der Waals surface area contributed by atoms with Gasteiger partial charge in [0.1, 0.15) is 0 Å². The fraction of sp³-hybridized carbons (Fsp3) is 0.350. The van der Waals surface area contributed by atoms with Gasteiger partial charge in [-0.2, -0.15) is 0 Å². The summed E-state index contributed by atoms with van der Waals surface area (Å²) < 4.78 is 35.7. The molecule has 1 amide bonds. The van der Waals surface area contributed by atoms with Crippen LogP contribution in [0.25, 0.3) is 10.9 Å². The molecule has 0 atom stereocenters. The third-order valence-corrected chi connectivity index (χ3v) is 5.91. The van der Waals surface area contributed by atoms with E-state index in [1.54, 1.807) is 0 Å². The maximum atomic E-state index is 12.4. The zero-order valence-electron chi connectivity index (χ0n) is 16.1. The van der Waals surface area contributed by atoms with Crippen molar-refractivity contribution in [1.29, 1.82) is 0 Å². The molecule has 2 aromatic heterocycles. The number of hydrogen-bond donors (Lipinski definition) is 1. The highest BCUT2D eigenvalue weighted by molar-refractivity contribution is 7.90. The van der Waals surface area contributed by atoms with Crippen molar-refractivity contribution in [1.82, 2.24) is 9.47 Å². The van der Waals surface area contributed by atoms with Crippen molar-refractivity contribution >= 4 is 32.3 Å². The molecule has 0 radical (unpaired) electrons. The van der Waals surface area contributed by atoms with Crippen LogP contribution in [0.1, 0.15) is 10.6 Å². The number of fused-ring (bicyclic) bond motifs is 1. The van der Waals surface area contributed by atoms with Crippen molar-refractivity contribution in [2.45, 2.75) is 11.6 Å². The fourth-order valence-corrected chi connectivity index (χ4v) is 3.94. The summed E-state index contributed by atoms with van der Waals surface area (Å²) in [4.78, 5) is 14.7. The maximum absolute atomic E-state index is 12.4. The molecule has 0 spiro atoms. The van der Waals surface area contributed by atoms with Gasteiger partial charge in [-0.15, -0.1) is 0 Å². The number of nitrogens with one attached hydrogen (secondary N) is 1. The third kappa shape index (κ3) is 4.52. The second kappa shape index (κ2) is 8.02. The number of amides is 1. The molecule has 1 aliphatic heterocycles. The lowest BCUT2D eigenvalue weighted by Gasteiger charge is -2.26. The van der Waals surface area contributed by atoms with Crippen molar-refractivity contribution in [3.05, 3.63) is 48.4 Å². The molecule has 1 N–H and O–H groups in total. The molecular weight excluding hydrogens is 394 g/mol. The van der Waals surface area contributed by atoms with Crippen LogP contribution in [0.5, 0.6) is 0 Å². The second-order valence-corrected chi connectivity index (χ2v) is 9.03. The SMILES string of the molecule is CS(=O)(=O)c1ccc(C(=O)Nc2ccc3c(ccn3CCN3CCOCC3)c2)o1. The number of hydrogen-bond acceptors (Lipinski definition) is 6. The molecule has 9 heteroatoms. The minimum atomic E-state index is -3.49. The third-order valence-electron chi connectivity index (χ3n) is 4.96. The second-order valence-electron chi connectivity index (χ2n) is 7.08. The van der Waals surface area contributed by atoms with Crippen molar-refractivity contribution in [2.75, 3.05) is 44.4 Å². The van der Waals surface area contributed by atoms with Gasteiger partial charge in [-0.1, -0.05) is 0 Å². The van der Waals surface area contributed by atoms with E-state index < -0.39 is 15.7 Å². The van der Waals surface area contributed by atoms with E-state index in [0.29, 0.717) is 5.69 Å². The Morgan fingerprint density at radius 3 is 2.62 bits per heavy atom. The zero-order valence-corrected chi connectivity index (χ0v) is 16.9. The highest BCUT2D eigenvalue weighted by Crippen LogP contribution is 2.22. The van der Waals surface area contributed by atoms with E-state index in [2.05, 4.69) is 14.8 Å². The molecule has 1 fully saturated rings. The largest absolute Gasteiger partial charge is 0.440 e. The number of ether oxygens (including phenoxy) is 1. The van der Waals surface area contributed by atoms with Crippen molar-refractivity contribution in [3.63, 3.8) is 0 Å². The number of nitrogens with zero attached hydrogens (tertiary/aromatic N) is 2. The van der Waals surface area contributed by atoms with Crippen LogP contribution in [-0.4, -0.2) is 62.9 Å². The predicted octanol–water partition coefficient (Wildman–Crippen LogP) is 2.22. The molecule has 0 unspecified atom stereocenters. The van der Waals surface area contributed by atoms with Gasteiger partial charge in [0.15, 0.2) is 5.76 Å². The summed E-state index contributed by atoms with van der Waals surface area (Å²) in [5, 5.41) is 3.54. The Balaban J connectivity index is 1.44. The van der Waals surface area contributed by atoms with Gasteiger partial charge >= 0.3 is 0 Å². The first-order valence-corrected chi connectivity index (χ1v) is 11.3. The number of morpholine rings is 1. The van der Waals surface area contributed by atoms with E-state index in [1.807, 2.05) is 30.5 Å². The summed E-state index contributed by atoms with van der Waals surface area (Å²) in [6.45, 7) is 5.35. The van der Waals surface area contributed by atoms with E-state index >= 15 is 0 Å². The van der Waals surface area contributed by atoms with Gasteiger partial charge < -0.3 is 19.0 Å². The van der Waals surface area contributed by atoms with Crippen LogP contribution in [0, 0.1) is 0 Å². The standard InChI is InChI=1S/C20H23N3O5S/c1-29(25,26)19-5-4-18(28-19)20(24)21-16-2-3-17-15(14-16)6-7-23(17)9-8-22-10-12-27-13-11-22/h2-7,14H,8-13H2,1H3,(H,21,24). The Morgan fingerprint density at radius 1 is 1.10 bits per heavy atom. The molecule has 8 nitrogen and oxygen atoms in total. The molecule has 3 heterocycles. The van der Waals surface area contributed by atoms with Crippen LogP contribution in [0.3, 0.4) is 0 Å². The smallest absolute Gasteiger partial charge is 0.291 e. The van der Waals surface area contributed by atoms with E-state index in [9.17, 15) is 13.2 Å². The van der Waals surface area contributed by atoms with E-state index in [-0.39, 0.29) is 10.9 Å². The number of furan rings is 1. The summed E-state index contributed by atoms with van der Waals surface area (Å²) >= 11 is 0. The zero-order chi connectivity index (χ0) is 20.4. The Bertz CT molecular complexity index is 1130. The quantitative estimate of drug-likeness (QED) is 0.661. The van der Waals surface area contributed by atoms with E-state index in [0.717, 1.165) is 56.6 Å². The van der Waals surface area contributed by atoms with Gasteiger partial charge in [-0.3, -0.25) is 9.69 Å². The summed E-state index contributed by atoms with van der Waals surface area (Å²) in [7, 11) is -3.49. The van der Waals surface area contributed by atoms with Gasteiger partial charge in [0.25, 0.3) is 5.91 Å². The van der Waals surface area contributed by atoms with Crippen LogP contribution in [0.4, 0.5) is 5.69 Å². The average Bonchev–Trinajstić information content (AvgIpc) is 3.34. The molecule has 1 aliphatic rings. The first-order chi connectivity index (χ1) is 13.9. The summed E-state index contributed by atoms with van der Waals surface area (Å²) in [5.74, 6) is -0.542. The van der Waals surface area contributed by atoms with Crippen molar-refractivity contribution < 1.29 is 22.4 Å². The van der Waals surface area contributed by atoms with Crippen LogP contribution in [0.2, 0.25) is 0 Å². The molecule has 3 aromatic rings. The monoisotopic (exact) mass is 417 g/mol. The number of sulfone groups is 1. The molecule has 4 rings (SSSR count). The van der Waals surface area contributed by atoms with Gasteiger partial charge in [0, 0.05) is 55.2 Å². The van der Waals surface area contributed by atoms with E-state index in [1.165, 1.54) is 12.1 Å². The Hall–Kier alpha value is -2.62. The average molecular weight is 417 g/mol. The molecule has 29 heavy (non-hydrogen) atoms. The van der Waals surface area contributed by atoms with Crippen LogP contribution in [0.15, 0.2) is 52.1 Å². The van der Waals surface area contributed by atoms with Crippen LogP contribution in [-0.2, 0) is 21.1 Å². The number of aromatic nitrogens is 1. The first kappa shape index (κ1) is 19.7. The van der Waals surface area contributed by atoms with E-state index in [4.69, 9.17) is 9.15 Å². The molecule has 1 saturated heterocycles. The number of benzene rings is 1. The minimum Gasteiger partial charge on any atom is -0.440 e.